The van der Waals surface area contributed by atoms with Crippen LogP contribution in [0.15, 0.2) is 25.0 Å². The van der Waals surface area contributed by atoms with Crippen molar-refractivity contribution in [2.45, 2.75) is 19.3 Å². The normalized spacial score (nSPS) is 9.60. The Kier molecular flexibility index (Phi) is 8.47. The Hall–Kier alpha value is -1.29. The van der Waals surface area contributed by atoms with Crippen LogP contribution in [0.3, 0.4) is 0 Å². The number of ether oxygens (including phenoxy) is 2. The van der Waals surface area contributed by atoms with Gasteiger partial charge in [-0.3, -0.25) is 0 Å². The summed E-state index contributed by atoms with van der Waals surface area (Å²) in [6.45, 7) is 8.62. The highest BCUT2D eigenvalue weighted by molar-refractivity contribution is 5.85. The van der Waals surface area contributed by atoms with Crippen LogP contribution in [0.1, 0.15) is 19.3 Å². The predicted octanol–water partition coefficient (Wildman–Crippen LogP) is 1.97. The highest BCUT2D eigenvalue weighted by Gasteiger charge is 2.02. The summed E-state index contributed by atoms with van der Waals surface area (Å²) in [5.74, 6) is -0.936. The molecule has 0 aliphatic heterocycles. The van der Waals surface area contributed by atoms with E-state index in [2.05, 4.69) is 13.2 Å². The molecule has 0 fully saturated rings. The summed E-state index contributed by atoms with van der Waals surface area (Å²) in [4.78, 5) is 10.4. The van der Waals surface area contributed by atoms with Gasteiger partial charge in [-0.25, -0.2) is 4.79 Å². The van der Waals surface area contributed by atoms with E-state index in [1.807, 2.05) is 0 Å². The van der Waals surface area contributed by atoms with Gasteiger partial charge in [0.2, 0.25) is 0 Å². The fraction of sp³-hybridized carbons (Fsp3) is 0.545. The maximum Gasteiger partial charge on any atom is 0.330 e. The van der Waals surface area contributed by atoms with Crippen molar-refractivity contribution in [3.8, 4) is 0 Å². The number of carboxylic acids is 1. The van der Waals surface area contributed by atoms with Crippen molar-refractivity contribution in [3.05, 3.63) is 25.0 Å². The Labute approximate surface area is 90.2 Å². The van der Waals surface area contributed by atoms with E-state index in [1.165, 1.54) is 6.26 Å². The molecule has 0 saturated carbocycles. The topological polar surface area (TPSA) is 55.8 Å². The van der Waals surface area contributed by atoms with Crippen LogP contribution in [0.4, 0.5) is 0 Å². The van der Waals surface area contributed by atoms with Crippen LogP contribution < -0.4 is 0 Å². The number of carboxylic acid groups (broad SMARTS) is 1. The zero-order valence-corrected chi connectivity index (χ0v) is 8.91. The minimum absolute atomic E-state index is 0.230. The fourth-order valence-electron chi connectivity index (χ4n) is 0.924. The van der Waals surface area contributed by atoms with Crippen LogP contribution in [0.5, 0.6) is 0 Å². The van der Waals surface area contributed by atoms with Crippen molar-refractivity contribution in [2.24, 2.45) is 0 Å². The Balaban J connectivity index is 3.14. The van der Waals surface area contributed by atoms with Gasteiger partial charge in [0.1, 0.15) is 0 Å². The first kappa shape index (κ1) is 13.7. The summed E-state index contributed by atoms with van der Waals surface area (Å²) in [6.07, 6.45) is 3.37. The van der Waals surface area contributed by atoms with Crippen LogP contribution in [0, 0.1) is 0 Å². The van der Waals surface area contributed by atoms with Gasteiger partial charge in [-0.1, -0.05) is 13.2 Å². The zero-order valence-electron chi connectivity index (χ0n) is 8.91. The summed E-state index contributed by atoms with van der Waals surface area (Å²) in [6, 6.07) is 0. The molecule has 0 rings (SSSR count). The van der Waals surface area contributed by atoms with Crippen LogP contribution in [0.25, 0.3) is 0 Å². The number of aliphatic carboxylic acids is 1. The Morgan fingerprint density at radius 2 is 1.93 bits per heavy atom. The first-order valence-electron chi connectivity index (χ1n) is 4.89. The van der Waals surface area contributed by atoms with E-state index in [4.69, 9.17) is 14.6 Å². The lowest BCUT2D eigenvalue weighted by molar-refractivity contribution is -0.132. The molecule has 0 atom stereocenters. The minimum Gasteiger partial charge on any atom is -0.502 e. The second-order valence-corrected chi connectivity index (χ2v) is 3.02. The largest absolute Gasteiger partial charge is 0.502 e. The number of hydrogen-bond acceptors (Lipinski definition) is 3. The number of rotatable bonds is 10. The minimum atomic E-state index is -0.936. The third-order valence-corrected chi connectivity index (χ3v) is 1.74. The van der Waals surface area contributed by atoms with Crippen LogP contribution >= 0.6 is 0 Å². The lowest BCUT2D eigenvalue weighted by Crippen LogP contribution is -2.03. The number of hydrogen-bond donors (Lipinski definition) is 1. The molecule has 0 aliphatic rings. The van der Waals surface area contributed by atoms with Gasteiger partial charge in [0.15, 0.2) is 0 Å². The second-order valence-electron chi connectivity index (χ2n) is 3.02. The fourth-order valence-corrected chi connectivity index (χ4v) is 0.924. The standard InChI is InChI=1S/C11H18O4/c1-3-14-8-5-9-15-7-4-6-10(2)11(12)13/h3H,1-2,4-9H2,(H,12,13). The van der Waals surface area contributed by atoms with E-state index in [9.17, 15) is 4.79 Å². The van der Waals surface area contributed by atoms with Crippen molar-refractivity contribution in [2.75, 3.05) is 19.8 Å². The molecule has 0 aromatic heterocycles. The maximum atomic E-state index is 10.4. The molecule has 0 aromatic rings. The molecule has 15 heavy (non-hydrogen) atoms. The molecule has 0 amide bonds. The maximum absolute atomic E-state index is 10.4. The quantitative estimate of drug-likeness (QED) is 0.343. The summed E-state index contributed by atoms with van der Waals surface area (Å²) in [5, 5.41) is 8.52. The molecule has 0 spiro atoms. The van der Waals surface area contributed by atoms with Gasteiger partial charge in [-0.05, 0) is 12.8 Å². The Morgan fingerprint density at radius 1 is 1.27 bits per heavy atom. The Morgan fingerprint density at radius 3 is 2.53 bits per heavy atom. The molecule has 86 valence electrons. The predicted molar refractivity (Wildman–Crippen MR) is 57.6 cm³/mol. The molecule has 0 radical (unpaired) electrons. The average molecular weight is 214 g/mol. The summed E-state index contributed by atoms with van der Waals surface area (Å²) < 4.78 is 10.2. The van der Waals surface area contributed by atoms with E-state index >= 15 is 0 Å². The molecule has 1 N–H and O–H groups in total. The van der Waals surface area contributed by atoms with Crippen LogP contribution in [0.2, 0.25) is 0 Å². The summed E-state index contributed by atoms with van der Waals surface area (Å²) in [7, 11) is 0. The lowest BCUT2D eigenvalue weighted by atomic mass is 10.2. The van der Waals surface area contributed by atoms with Gasteiger partial charge in [0.05, 0.1) is 12.9 Å². The van der Waals surface area contributed by atoms with E-state index in [0.717, 1.165) is 6.42 Å². The second kappa shape index (κ2) is 9.27. The van der Waals surface area contributed by atoms with Gasteiger partial charge in [0, 0.05) is 25.2 Å². The van der Waals surface area contributed by atoms with Gasteiger partial charge < -0.3 is 14.6 Å². The van der Waals surface area contributed by atoms with Crippen LogP contribution in [-0.4, -0.2) is 30.9 Å². The SMILES string of the molecule is C=COCCCOCCCC(=C)C(=O)O. The van der Waals surface area contributed by atoms with Gasteiger partial charge in [-0.2, -0.15) is 0 Å². The molecule has 4 heteroatoms. The van der Waals surface area contributed by atoms with Gasteiger partial charge >= 0.3 is 5.97 Å². The monoisotopic (exact) mass is 214 g/mol. The van der Waals surface area contributed by atoms with Crippen LogP contribution in [-0.2, 0) is 14.3 Å². The smallest absolute Gasteiger partial charge is 0.330 e. The van der Waals surface area contributed by atoms with Crippen molar-refractivity contribution < 1.29 is 19.4 Å². The third-order valence-electron chi connectivity index (χ3n) is 1.74. The average Bonchev–Trinajstić information content (AvgIpc) is 2.21. The summed E-state index contributed by atoms with van der Waals surface area (Å²) >= 11 is 0. The zero-order chi connectivity index (χ0) is 11.5. The highest BCUT2D eigenvalue weighted by atomic mass is 16.5. The van der Waals surface area contributed by atoms with E-state index in [-0.39, 0.29) is 5.57 Å². The Bertz CT molecular complexity index is 211. The molecular weight excluding hydrogens is 196 g/mol. The first-order valence-corrected chi connectivity index (χ1v) is 4.89. The molecule has 0 aliphatic carbocycles. The van der Waals surface area contributed by atoms with Crippen molar-refractivity contribution in [3.63, 3.8) is 0 Å². The molecule has 0 aromatic carbocycles. The van der Waals surface area contributed by atoms with Crippen molar-refractivity contribution in [1.82, 2.24) is 0 Å². The molecule has 4 nitrogen and oxygen atoms in total. The first-order chi connectivity index (χ1) is 7.18. The molecular formula is C11H18O4. The summed E-state index contributed by atoms with van der Waals surface area (Å²) in [5.41, 5.74) is 0.230. The molecule has 0 unspecified atom stereocenters. The van der Waals surface area contributed by atoms with Gasteiger partial charge in [0.25, 0.3) is 0 Å². The van der Waals surface area contributed by atoms with E-state index in [1.54, 1.807) is 0 Å². The van der Waals surface area contributed by atoms with Crippen molar-refractivity contribution >= 4 is 5.97 Å². The van der Waals surface area contributed by atoms with E-state index < -0.39 is 5.97 Å². The lowest BCUT2D eigenvalue weighted by Gasteiger charge is -2.04. The molecule has 0 bridgehead atoms. The van der Waals surface area contributed by atoms with E-state index in [0.29, 0.717) is 32.7 Å². The molecule has 0 saturated heterocycles. The molecule has 0 heterocycles. The van der Waals surface area contributed by atoms with Crippen molar-refractivity contribution in [1.29, 1.82) is 0 Å². The number of carbonyl (C=O) groups is 1. The van der Waals surface area contributed by atoms with Gasteiger partial charge in [-0.15, -0.1) is 0 Å². The highest BCUT2D eigenvalue weighted by Crippen LogP contribution is 2.02. The third kappa shape index (κ3) is 9.02.